The summed E-state index contributed by atoms with van der Waals surface area (Å²) >= 11 is 0. The molecule has 0 fully saturated rings. The van der Waals surface area contributed by atoms with Crippen LogP contribution in [0.15, 0.2) is 35.6 Å². The first kappa shape index (κ1) is 14.6. The summed E-state index contributed by atoms with van der Waals surface area (Å²) in [6, 6.07) is 2.57. The zero-order valence-corrected chi connectivity index (χ0v) is 12.4. The van der Waals surface area contributed by atoms with Crippen molar-refractivity contribution in [2.75, 3.05) is 13.1 Å². The second kappa shape index (κ2) is 7.68. The monoisotopic (exact) mass is 272 g/mol. The highest BCUT2D eigenvalue weighted by Gasteiger charge is 2.11. The number of guanidine groups is 1. The smallest absolute Gasteiger partial charge is 0.191 e. The average molecular weight is 272 g/mol. The van der Waals surface area contributed by atoms with Crippen LogP contribution in [-0.4, -0.2) is 30.1 Å². The fraction of sp³-hybridized carbons (Fsp3) is 0.500. The van der Waals surface area contributed by atoms with Gasteiger partial charge in [0.15, 0.2) is 5.96 Å². The van der Waals surface area contributed by atoms with Crippen LogP contribution in [0.4, 0.5) is 0 Å². The van der Waals surface area contributed by atoms with Gasteiger partial charge in [-0.3, -0.25) is 9.98 Å². The second-order valence-electron chi connectivity index (χ2n) is 5.10. The molecule has 1 heterocycles. The van der Waals surface area contributed by atoms with Crippen molar-refractivity contribution in [2.45, 2.75) is 39.2 Å². The molecule has 0 aromatic carbocycles. The van der Waals surface area contributed by atoms with Gasteiger partial charge in [0.1, 0.15) is 0 Å². The summed E-state index contributed by atoms with van der Waals surface area (Å²) in [7, 11) is 0. The Morgan fingerprint density at radius 3 is 2.90 bits per heavy atom. The Labute approximate surface area is 121 Å². The van der Waals surface area contributed by atoms with E-state index in [0.717, 1.165) is 38.3 Å². The molecule has 108 valence electrons. The van der Waals surface area contributed by atoms with Gasteiger partial charge in [0.25, 0.3) is 0 Å². The van der Waals surface area contributed by atoms with E-state index in [0.29, 0.717) is 6.04 Å². The standard InChI is InChI=1S/C16H24N4/c1-3-18-16(20-15-6-4-5-7-15)19-11-9-14-8-10-17-12-13(14)2/h4-5,8,10,12,15H,3,6-7,9,11H2,1-2H3,(H2,18,19,20). The molecule has 20 heavy (non-hydrogen) atoms. The third-order valence-electron chi connectivity index (χ3n) is 3.48. The number of nitrogens with one attached hydrogen (secondary N) is 2. The van der Waals surface area contributed by atoms with Crippen molar-refractivity contribution in [3.63, 3.8) is 0 Å². The fourth-order valence-corrected chi connectivity index (χ4v) is 2.32. The average Bonchev–Trinajstić information content (AvgIpc) is 2.94. The van der Waals surface area contributed by atoms with Gasteiger partial charge in [-0.05, 0) is 50.3 Å². The van der Waals surface area contributed by atoms with Gasteiger partial charge in [0, 0.05) is 31.5 Å². The molecule has 1 aromatic rings. The van der Waals surface area contributed by atoms with Gasteiger partial charge in [-0.1, -0.05) is 12.2 Å². The normalized spacial score (nSPS) is 15.6. The highest BCUT2D eigenvalue weighted by atomic mass is 15.2. The molecule has 1 aromatic heterocycles. The molecule has 0 saturated carbocycles. The number of aryl methyl sites for hydroxylation is 1. The van der Waals surface area contributed by atoms with Crippen molar-refractivity contribution in [1.82, 2.24) is 15.6 Å². The van der Waals surface area contributed by atoms with Crippen molar-refractivity contribution in [2.24, 2.45) is 4.99 Å². The zero-order chi connectivity index (χ0) is 14.2. The number of aromatic nitrogens is 1. The van der Waals surface area contributed by atoms with Gasteiger partial charge in [-0.2, -0.15) is 0 Å². The third kappa shape index (κ3) is 4.37. The Bertz CT molecular complexity index is 471. The Kier molecular flexibility index (Phi) is 5.59. The minimum atomic E-state index is 0.496. The number of hydrogen-bond acceptors (Lipinski definition) is 2. The van der Waals surface area contributed by atoms with Crippen LogP contribution < -0.4 is 10.6 Å². The topological polar surface area (TPSA) is 49.3 Å². The predicted molar refractivity (Wildman–Crippen MR) is 84.0 cm³/mol. The van der Waals surface area contributed by atoms with E-state index in [1.54, 1.807) is 0 Å². The van der Waals surface area contributed by atoms with Gasteiger partial charge < -0.3 is 10.6 Å². The van der Waals surface area contributed by atoms with E-state index in [1.807, 2.05) is 12.4 Å². The van der Waals surface area contributed by atoms with Crippen molar-refractivity contribution >= 4 is 5.96 Å². The molecule has 0 unspecified atom stereocenters. The van der Waals surface area contributed by atoms with E-state index < -0.39 is 0 Å². The number of pyridine rings is 1. The van der Waals surface area contributed by atoms with Crippen LogP contribution in [0, 0.1) is 6.92 Å². The van der Waals surface area contributed by atoms with Gasteiger partial charge in [-0.15, -0.1) is 0 Å². The maximum atomic E-state index is 4.66. The third-order valence-corrected chi connectivity index (χ3v) is 3.48. The highest BCUT2D eigenvalue weighted by Crippen LogP contribution is 2.09. The second-order valence-corrected chi connectivity index (χ2v) is 5.10. The lowest BCUT2D eigenvalue weighted by molar-refractivity contribution is 0.633. The van der Waals surface area contributed by atoms with Gasteiger partial charge in [0.2, 0.25) is 0 Å². The maximum absolute atomic E-state index is 4.66. The molecular formula is C16H24N4. The van der Waals surface area contributed by atoms with Crippen LogP contribution >= 0.6 is 0 Å². The van der Waals surface area contributed by atoms with Crippen molar-refractivity contribution in [1.29, 1.82) is 0 Å². The number of rotatable bonds is 5. The van der Waals surface area contributed by atoms with Crippen molar-refractivity contribution < 1.29 is 0 Å². The summed E-state index contributed by atoms with van der Waals surface area (Å²) < 4.78 is 0. The van der Waals surface area contributed by atoms with E-state index >= 15 is 0 Å². The quantitative estimate of drug-likeness (QED) is 0.491. The molecule has 4 heteroatoms. The first-order valence-electron chi connectivity index (χ1n) is 7.39. The van der Waals surface area contributed by atoms with Gasteiger partial charge >= 0.3 is 0 Å². The molecule has 2 N–H and O–H groups in total. The summed E-state index contributed by atoms with van der Waals surface area (Å²) in [5, 5.41) is 6.79. The summed E-state index contributed by atoms with van der Waals surface area (Å²) in [5.74, 6) is 0.924. The molecule has 0 amide bonds. The fourth-order valence-electron chi connectivity index (χ4n) is 2.32. The lowest BCUT2D eigenvalue weighted by atomic mass is 10.1. The molecule has 0 bridgehead atoms. The molecule has 1 aliphatic rings. The Balaban J connectivity index is 1.86. The van der Waals surface area contributed by atoms with Crippen LogP contribution in [0.3, 0.4) is 0 Å². The number of aliphatic imine (C=N–C) groups is 1. The molecule has 0 atom stereocenters. The van der Waals surface area contributed by atoms with Crippen LogP contribution in [0.1, 0.15) is 30.9 Å². The van der Waals surface area contributed by atoms with E-state index in [4.69, 9.17) is 0 Å². The minimum Gasteiger partial charge on any atom is -0.357 e. The molecule has 2 rings (SSSR count). The summed E-state index contributed by atoms with van der Waals surface area (Å²) in [6.07, 6.45) is 11.3. The van der Waals surface area contributed by atoms with Crippen molar-refractivity contribution in [3.8, 4) is 0 Å². The lowest BCUT2D eigenvalue weighted by Gasteiger charge is -2.16. The molecule has 0 spiro atoms. The summed E-state index contributed by atoms with van der Waals surface area (Å²) in [4.78, 5) is 8.78. The number of hydrogen-bond donors (Lipinski definition) is 2. The maximum Gasteiger partial charge on any atom is 0.191 e. The van der Waals surface area contributed by atoms with Gasteiger partial charge in [-0.25, -0.2) is 0 Å². The first-order valence-corrected chi connectivity index (χ1v) is 7.39. The SMILES string of the molecule is CCNC(=NCCc1ccncc1C)NC1CC=CC1. The van der Waals surface area contributed by atoms with E-state index in [-0.39, 0.29) is 0 Å². The first-order chi connectivity index (χ1) is 9.79. The zero-order valence-electron chi connectivity index (χ0n) is 12.4. The molecule has 1 aliphatic carbocycles. The summed E-state index contributed by atoms with van der Waals surface area (Å²) in [5.41, 5.74) is 2.56. The molecule has 0 aliphatic heterocycles. The largest absolute Gasteiger partial charge is 0.357 e. The lowest BCUT2D eigenvalue weighted by Crippen LogP contribution is -2.42. The molecule has 0 radical (unpaired) electrons. The molecule has 4 nitrogen and oxygen atoms in total. The van der Waals surface area contributed by atoms with E-state index in [2.05, 4.69) is 52.7 Å². The predicted octanol–water partition coefficient (Wildman–Crippen LogP) is 2.21. The van der Waals surface area contributed by atoms with Crippen LogP contribution in [0.25, 0.3) is 0 Å². The van der Waals surface area contributed by atoms with Gasteiger partial charge in [0.05, 0.1) is 0 Å². The Morgan fingerprint density at radius 2 is 2.20 bits per heavy atom. The van der Waals surface area contributed by atoms with Crippen LogP contribution in [-0.2, 0) is 6.42 Å². The number of nitrogens with zero attached hydrogens (tertiary/aromatic N) is 2. The Hall–Kier alpha value is -1.84. The Morgan fingerprint density at radius 1 is 1.40 bits per heavy atom. The van der Waals surface area contributed by atoms with Crippen LogP contribution in [0.5, 0.6) is 0 Å². The molecule has 0 saturated heterocycles. The van der Waals surface area contributed by atoms with Crippen molar-refractivity contribution in [3.05, 3.63) is 41.7 Å². The van der Waals surface area contributed by atoms with E-state index in [9.17, 15) is 0 Å². The van der Waals surface area contributed by atoms with Crippen LogP contribution in [0.2, 0.25) is 0 Å². The molecular weight excluding hydrogens is 248 g/mol. The van der Waals surface area contributed by atoms with E-state index in [1.165, 1.54) is 11.1 Å². The minimum absolute atomic E-state index is 0.496. The highest BCUT2D eigenvalue weighted by molar-refractivity contribution is 5.80. The summed E-state index contributed by atoms with van der Waals surface area (Å²) in [6.45, 7) is 5.87.